The van der Waals surface area contributed by atoms with Gasteiger partial charge in [-0.2, -0.15) is 0 Å². The highest BCUT2D eigenvalue weighted by Crippen LogP contribution is 2.11. The lowest BCUT2D eigenvalue weighted by Gasteiger charge is -2.08. The molecule has 2 aromatic rings. The summed E-state index contributed by atoms with van der Waals surface area (Å²) in [6.45, 7) is 1.65. The zero-order chi connectivity index (χ0) is 17.4. The van der Waals surface area contributed by atoms with E-state index in [2.05, 4.69) is 10.0 Å². The number of hydrogen-bond donors (Lipinski definition) is 2. The van der Waals surface area contributed by atoms with Crippen LogP contribution in [0.15, 0.2) is 53.4 Å². The van der Waals surface area contributed by atoms with Crippen LogP contribution in [0.25, 0.3) is 0 Å². The van der Waals surface area contributed by atoms with Crippen molar-refractivity contribution in [3.63, 3.8) is 0 Å². The van der Waals surface area contributed by atoms with Gasteiger partial charge in [0.2, 0.25) is 10.0 Å². The van der Waals surface area contributed by atoms with Crippen molar-refractivity contribution in [2.24, 2.45) is 0 Å². The van der Waals surface area contributed by atoms with E-state index in [1.54, 1.807) is 30.3 Å². The third-order valence-corrected chi connectivity index (χ3v) is 4.86. The van der Waals surface area contributed by atoms with E-state index in [-0.39, 0.29) is 17.3 Å². The predicted octanol–water partition coefficient (Wildman–Crippen LogP) is 2.04. The van der Waals surface area contributed by atoms with E-state index in [1.165, 1.54) is 19.2 Å². The summed E-state index contributed by atoms with van der Waals surface area (Å²) in [5.74, 6) is -0.259. The molecular formula is C17H21FN2O3S. The number of nitrogens with one attached hydrogen (secondary N) is 2. The molecule has 0 saturated heterocycles. The van der Waals surface area contributed by atoms with Crippen LogP contribution in [0.3, 0.4) is 0 Å². The minimum atomic E-state index is -3.51. The maximum absolute atomic E-state index is 13.1. The van der Waals surface area contributed by atoms with Crippen LogP contribution in [0.2, 0.25) is 0 Å². The van der Waals surface area contributed by atoms with Crippen LogP contribution in [0.4, 0.5) is 4.39 Å². The average molecular weight is 352 g/mol. The molecule has 0 saturated carbocycles. The Morgan fingerprint density at radius 3 is 2.42 bits per heavy atom. The number of rotatable bonds is 9. The summed E-state index contributed by atoms with van der Waals surface area (Å²) in [5.41, 5.74) is 1.80. The first-order valence-electron chi connectivity index (χ1n) is 7.54. The summed E-state index contributed by atoms with van der Waals surface area (Å²) in [7, 11) is -2.00. The molecule has 0 atom stereocenters. The fourth-order valence-electron chi connectivity index (χ4n) is 2.15. The minimum Gasteiger partial charge on any atom is -0.383 e. The van der Waals surface area contributed by atoms with Gasteiger partial charge < -0.3 is 10.1 Å². The van der Waals surface area contributed by atoms with Gasteiger partial charge in [0.05, 0.1) is 11.5 Å². The zero-order valence-corrected chi connectivity index (χ0v) is 14.3. The molecular weight excluding hydrogens is 331 g/mol. The number of halogens is 1. The summed E-state index contributed by atoms with van der Waals surface area (Å²) >= 11 is 0. The number of sulfonamides is 1. The molecule has 0 aromatic heterocycles. The first-order chi connectivity index (χ1) is 11.5. The van der Waals surface area contributed by atoms with Crippen LogP contribution < -0.4 is 10.0 Å². The second-order valence-electron chi connectivity index (χ2n) is 5.27. The first-order valence-corrected chi connectivity index (χ1v) is 9.02. The van der Waals surface area contributed by atoms with Crippen molar-refractivity contribution in [3.8, 4) is 0 Å². The van der Waals surface area contributed by atoms with Gasteiger partial charge >= 0.3 is 0 Å². The lowest BCUT2D eigenvalue weighted by atomic mass is 10.2. The maximum Gasteiger partial charge on any atom is 0.240 e. The van der Waals surface area contributed by atoms with Crippen LogP contribution in [-0.4, -0.2) is 28.7 Å². The predicted molar refractivity (Wildman–Crippen MR) is 90.5 cm³/mol. The molecule has 0 aliphatic heterocycles. The highest BCUT2D eigenvalue weighted by molar-refractivity contribution is 7.89. The van der Waals surface area contributed by atoms with Crippen LogP contribution in [0.5, 0.6) is 0 Å². The number of benzene rings is 2. The zero-order valence-electron chi connectivity index (χ0n) is 13.5. The van der Waals surface area contributed by atoms with Gasteiger partial charge in [-0.05, 0) is 35.4 Å². The van der Waals surface area contributed by atoms with Gasteiger partial charge in [-0.1, -0.05) is 24.3 Å². The molecule has 0 amide bonds. The summed E-state index contributed by atoms with van der Waals surface area (Å²) in [5, 5.41) is 3.20. The summed E-state index contributed by atoms with van der Waals surface area (Å²) in [6, 6.07) is 13.0. The molecule has 0 aliphatic carbocycles. The van der Waals surface area contributed by atoms with Crippen molar-refractivity contribution in [1.29, 1.82) is 0 Å². The number of methoxy groups -OCH3 is 1. The van der Waals surface area contributed by atoms with Crippen molar-refractivity contribution in [2.75, 3.05) is 20.3 Å². The Morgan fingerprint density at radius 2 is 1.75 bits per heavy atom. The van der Waals surface area contributed by atoms with Gasteiger partial charge in [-0.3, -0.25) is 0 Å². The third kappa shape index (κ3) is 5.68. The minimum absolute atomic E-state index is 0.215. The van der Waals surface area contributed by atoms with E-state index < -0.39 is 10.0 Å². The van der Waals surface area contributed by atoms with E-state index >= 15 is 0 Å². The lowest BCUT2D eigenvalue weighted by Crippen LogP contribution is -2.27. The molecule has 0 aliphatic rings. The second kappa shape index (κ2) is 8.89. The number of ether oxygens (including phenoxy) is 1. The van der Waals surface area contributed by atoms with Gasteiger partial charge in [0.15, 0.2) is 0 Å². The normalized spacial score (nSPS) is 11.6. The first kappa shape index (κ1) is 18.5. The molecule has 0 unspecified atom stereocenters. The van der Waals surface area contributed by atoms with Gasteiger partial charge in [0, 0.05) is 26.7 Å². The third-order valence-electron chi connectivity index (χ3n) is 3.38. The molecule has 0 fully saturated rings. The standard InChI is InChI=1S/C17H21FN2O3S/c1-23-10-9-20-24(21,22)17-7-5-14(6-8-17)12-19-13-15-3-2-4-16(18)11-15/h2-8,11,19-20H,9-10,12-13H2,1H3. The second-order valence-corrected chi connectivity index (χ2v) is 7.03. The molecule has 24 heavy (non-hydrogen) atoms. The summed E-state index contributed by atoms with van der Waals surface area (Å²) in [6.07, 6.45) is 0. The molecule has 0 radical (unpaired) electrons. The van der Waals surface area contributed by atoms with Crippen molar-refractivity contribution in [1.82, 2.24) is 10.0 Å². The smallest absolute Gasteiger partial charge is 0.240 e. The van der Waals surface area contributed by atoms with Crippen LogP contribution in [0.1, 0.15) is 11.1 Å². The fraction of sp³-hybridized carbons (Fsp3) is 0.294. The Balaban J connectivity index is 1.87. The molecule has 2 N–H and O–H groups in total. The summed E-state index contributed by atoms with van der Waals surface area (Å²) in [4.78, 5) is 0.215. The van der Waals surface area contributed by atoms with Crippen molar-refractivity contribution < 1.29 is 17.5 Å². The van der Waals surface area contributed by atoms with Gasteiger partial charge in [-0.25, -0.2) is 17.5 Å². The molecule has 0 heterocycles. The summed E-state index contributed by atoms with van der Waals surface area (Å²) < 4.78 is 44.4. The molecule has 130 valence electrons. The Kier molecular flexibility index (Phi) is 6.86. The van der Waals surface area contributed by atoms with E-state index in [0.29, 0.717) is 19.7 Å². The molecule has 0 bridgehead atoms. The van der Waals surface area contributed by atoms with Crippen LogP contribution in [0, 0.1) is 5.82 Å². The van der Waals surface area contributed by atoms with Crippen LogP contribution in [-0.2, 0) is 27.8 Å². The molecule has 0 spiro atoms. The quantitative estimate of drug-likeness (QED) is 0.678. The van der Waals surface area contributed by atoms with E-state index in [4.69, 9.17) is 4.74 Å². The topological polar surface area (TPSA) is 67.4 Å². The molecule has 5 nitrogen and oxygen atoms in total. The van der Waals surface area contributed by atoms with Crippen molar-refractivity contribution in [2.45, 2.75) is 18.0 Å². The van der Waals surface area contributed by atoms with E-state index in [0.717, 1.165) is 11.1 Å². The average Bonchev–Trinajstić information content (AvgIpc) is 2.56. The highest BCUT2D eigenvalue weighted by Gasteiger charge is 2.12. The Bertz CT molecular complexity index is 749. The molecule has 2 rings (SSSR count). The Hall–Kier alpha value is -1.80. The molecule has 7 heteroatoms. The number of hydrogen-bond acceptors (Lipinski definition) is 4. The SMILES string of the molecule is COCCNS(=O)(=O)c1ccc(CNCc2cccc(F)c2)cc1. The van der Waals surface area contributed by atoms with E-state index in [1.807, 2.05) is 6.07 Å². The van der Waals surface area contributed by atoms with Gasteiger partial charge in [-0.15, -0.1) is 0 Å². The monoisotopic (exact) mass is 352 g/mol. The maximum atomic E-state index is 13.1. The highest BCUT2D eigenvalue weighted by atomic mass is 32.2. The largest absolute Gasteiger partial charge is 0.383 e. The lowest BCUT2D eigenvalue weighted by molar-refractivity contribution is 0.204. The van der Waals surface area contributed by atoms with Gasteiger partial charge in [0.1, 0.15) is 5.82 Å². The molecule has 2 aromatic carbocycles. The van der Waals surface area contributed by atoms with Gasteiger partial charge in [0.25, 0.3) is 0 Å². The van der Waals surface area contributed by atoms with Crippen molar-refractivity contribution in [3.05, 3.63) is 65.5 Å². The van der Waals surface area contributed by atoms with E-state index in [9.17, 15) is 12.8 Å². The Labute approximate surface area is 141 Å². The van der Waals surface area contributed by atoms with Crippen molar-refractivity contribution >= 4 is 10.0 Å². The fourth-order valence-corrected chi connectivity index (χ4v) is 3.16. The van der Waals surface area contributed by atoms with Crippen LogP contribution >= 0.6 is 0 Å². The Morgan fingerprint density at radius 1 is 1.04 bits per heavy atom.